The molecule has 2 unspecified atom stereocenters. The Morgan fingerprint density at radius 3 is 2.56 bits per heavy atom. The first-order valence-electron chi connectivity index (χ1n) is 9.27. The number of carbonyl (C=O) groups is 1. The van der Waals surface area contributed by atoms with E-state index in [0.717, 1.165) is 32.1 Å². The summed E-state index contributed by atoms with van der Waals surface area (Å²) >= 11 is 0. The van der Waals surface area contributed by atoms with Crippen LogP contribution in [0.4, 0.5) is 0 Å². The Bertz CT molecular complexity index is 637. The maximum Gasteiger partial charge on any atom is 0.228 e. The number of amides is 1. The number of carbonyl (C=O) groups excluding carboxylic acids is 1. The number of nitrogens with one attached hydrogen (secondary N) is 1. The highest BCUT2D eigenvalue weighted by molar-refractivity contribution is 7.88. The van der Waals surface area contributed by atoms with Crippen LogP contribution in [-0.4, -0.2) is 56.8 Å². The second-order valence-corrected chi connectivity index (χ2v) is 9.96. The fourth-order valence-electron chi connectivity index (χ4n) is 4.44. The monoisotopic (exact) mass is 370 g/mol. The Kier molecular flexibility index (Phi) is 5.28. The average molecular weight is 371 g/mol. The Morgan fingerprint density at radius 2 is 1.96 bits per heavy atom. The quantitative estimate of drug-likeness (QED) is 0.769. The molecule has 2 fully saturated rings. The van der Waals surface area contributed by atoms with E-state index in [-0.39, 0.29) is 23.0 Å². The number of ether oxygens (including phenoxy) is 1. The van der Waals surface area contributed by atoms with Gasteiger partial charge in [0.15, 0.2) is 0 Å². The van der Waals surface area contributed by atoms with Crippen molar-refractivity contribution in [3.8, 4) is 0 Å². The summed E-state index contributed by atoms with van der Waals surface area (Å²) in [7, 11) is -3.20. The summed E-state index contributed by atoms with van der Waals surface area (Å²) in [6.07, 6.45) is 11.2. The van der Waals surface area contributed by atoms with Gasteiger partial charge in [-0.05, 0) is 44.9 Å². The first-order chi connectivity index (χ1) is 11.7. The van der Waals surface area contributed by atoms with Crippen molar-refractivity contribution >= 4 is 15.9 Å². The summed E-state index contributed by atoms with van der Waals surface area (Å²) in [5.41, 5.74) is -0.558. The molecule has 0 aromatic rings. The SMILES string of the molecule is CC1(C(=O)N2CCC3(CC2)CC(NS(C)(=O)=O)CCO3)CC=CCC1. The van der Waals surface area contributed by atoms with Crippen LogP contribution >= 0.6 is 0 Å². The van der Waals surface area contributed by atoms with Crippen LogP contribution in [0.1, 0.15) is 51.9 Å². The second-order valence-electron chi connectivity index (χ2n) is 8.18. The number of allylic oxidation sites excluding steroid dienone is 2. The van der Waals surface area contributed by atoms with Crippen LogP contribution in [-0.2, 0) is 19.6 Å². The molecule has 142 valence electrons. The minimum atomic E-state index is -3.20. The lowest BCUT2D eigenvalue weighted by molar-refractivity contribution is -0.153. The van der Waals surface area contributed by atoms with Gasteiger partial charge in [0.25, 0.3) is 0 Å². The van der Waals surface area contributed by atoms with Gasteiger partial charge in [-0.1, -0.05) is 19.1 Å². The molecule has 0 radical (unpaired) electrons. The molecule has 2 aliphatic heterocycles. The van der Waals surface area contributed by atoms with Gasteiger partial charge in [0.1, 0.15) is 0 Å². The number of sulfonamides is 1. The third kappa shape index (κ3) is 4.44. The largest absolute Gasteiger partial charge is 0.375 e. The molecular formula is C18H30N2O4S. The molecule has 1 amide bonds. The van der Waals surface area contributed by atoms with Gasteiger partial charge in [0.2, 0.25) is 15.9 Å². The number of likely N-dealkylation sites (tertiary alicyclic amines) is 1. The Morgan fingerprint density at radius 1 is 1.24 bits per heavy atom. The molecule has 1 aliphatic carbocycles. The smallest absolute Gasteiger partial charge is 0.228 e. The molecule has 3 aliphatic rings. The zero-order valence-corrected chi connectivity index (χ0v) is 16.1. The van der Waals surface area contributed by atoms with Gasteiger partial charge in [-0.25, -0.2) is 13.1 Å². The van der Waals surface area contributed by atoms with Crippen LogP contribution in [0.25, 0.3) is 0 Å². The van der Waals surface area contributed by atoms with E-state index in [1.54, 1.807) is 0 Å². The molecule has 0 aromatic heterocycles. The highest BCUT2D eigenvalue weighted by atomic mass is 32.2. The third-order valence-electron chi connectivity index (χ3n) is 5.95. The van der Waals surface area contributed by atoms with Gasteiger partial charge in [-0.15, -0.1) is 0 Å². The van der Waals surface area contributed by atoms with Crippen molar-refractivity contribution in [2.45, 2.75) is 63.5 Å². The first-order valence-corrected chi connectivity index (χ1v) is 11.2. The maximum absolute atomic E-state index is 13.0. The predicted octanol–water partition coefficient (Wildman–Crippen LogP) is 1.82. The molecule has 2 heterocycles. The van der Waals surface area contributed by atoms with E-state index in [9.17, 15) is 13.2 Å². The van der Waals surface area contributed by atoms with E-state index in [1.807, 2.05) is 4.90 Å². The lowest BCUT2D eigenvalue weighted by atomic mass is 9.76. The average Bonchev–Trinajstić information content (AvgIpc) is 2.54. The fourth-order valence-corrected chi connectivity index (χ4v) is 5.24. The Labute approximate surface area is 151 Å². The maximum atomic E-state index is 13.0. The molecule has 25 heavy (non-hydrogen) atoms. The van der Waals surface area contributed by atoms with Crippen molar-refractivity contribution in [2.24, 2.45) is 5.41 Å². The van der Waals surface area contributed by atoms with Crippen molar-refractivity contribution in [3.05, 3.63) is 12.2 Å². The summed E-state index contributed by atoms with van der Waals surface area (Å²) in [6.45, 7) is 4.05. The third-order valence-corrected chi connectivity index (χ3v) is 6.71. The lowest BCUT2D eigenvalue weighted by Gasteiger charge is -2.47. The molecule has 2 atom stereocenters. The highest BCUT2D eigenvalue weighted by Gasteiger charge is 2.44. The standard InChI is InChI=1S/C18H30N2O4S/c1-17(7-4-3-5-8-17)16(21)20-11-9-18(10-12-20)14-15(6-13-24-18)19-25(2,22)23/h3-4,15,19H,5-14H2,1-2H3. The molecule has 6 nitrogen and oxygen atoms in total. The molecule has 0 bridgehead atoms. The Hall–Kier alpha value is -0.920. The number of hydrogen-bond donors (Lipinski definition) is 1. The van der Waals surface area contributed by atoms with Crippen molar-refractivity contribution in [1.29, 1.82) is 0 Å². The van der Waals surface area contributed by atoms with Crippen molar-refractivity contribution < 1.29 is 17.9 Å². The van der Waals surface area contributed by atoms with Crippen LogP contribution in [0, 0.1) is 5.41 Å². The van der Waals surface area contributed by atoms with E-state index in [0.29, 0.717) is 32.5 Å². The number of nitrogens with zero attached hydrogens (tertiary/aromatic N) is 1. The normalized spacial score (nSPS) is 32.7. The topological polar surface area (TPSA) is 75.7 Å². The summed E-state index contributed by atoms with van der Waals surface area (Å²) in [4.78, 5) is 14.9. The molecule has 1 N–H and O–H groups in total. The zero-order chi connectivity index (χ0) is 18.1. The molecule has 7 heteroatoms. The summed E-state index contributed by atoms with van der Waals surface area (Å²) < 4.78 is 31.8. The van der Waals surface area contributed by atoms with Gasteiger partial charge in [-0.2, -0.15) is 0 Å². The van der Waals surface area contributed by atoms with Crippen molar-refractivity contribution in [2.75, 3.05) is 26.0 Å². The predicted molar refractivity (Wildman–Crippen MR) is 96.6 cm³/mol. The summed E-state index contributed by atoms with van der Waals surface area (Å²) in [5.74, 6) is 0.258. The second kappa shape index (κ2) is 7.00. The van der Waals surface area contributed by atoms with Gasteiger partial charge in [-0.3, -0.25) is 4.79 Å². The molecule has 0 aromatic carbocycles. The van der Waals surface area contributed by atoms with Gasteiger partial charge >= 0.3 is 0 Å². The summed E-state index contributed by atoms with van der Waals surface area (Å²) in [6, 6.07) is -0.0630. The number of piperidine rings is 1. The zero-order valence-electron chi connectivity index (χ0n) is 15.3. The number of hydrogen-bond acceptors (Lipinski definition) is 4. The molecule has 1 spiro atoms. The van der Waals surface area contributed by atoms with Gasteiger partial charge in [0.05, 0.1) is 17.3 Å². The van der Waals surface area contributed by atoms with E-state index in [4.69, 9.17) is 4.74 Å². The molecule has 3 rings (SSSR count). The Balaban J connectivity index is 1.59. The fraction of sp³-hybridized carbons (Fsp3) is 0.833. The first kappa shape index (κ1) is 18.9. The molecule has 0 saturated carbocycles. The van der Waals surface area contributed by atoms with Crippen molar-refractivity contribution in [1.82, 2.24) is 9.62 Å². The van der Waals surface area contributed by atoms with Crippen LogP contribution in [0.5, 0.6) is 0 Å². The van der Waals surface area contributed by atoms with Gasteiger partial charge in [0, 0.05) is 25.7 Å². The highest BCUT2D eigenvalue weighted by Crippen LogP contribution is 2.39. The van der Waals surface area contributed by atoms with Crippen LogP contribution in [0.2, 0.25) is 0 Å². The molecule has 2 saturated heterocycles. The van der Waals surface area contributed by atoms with Crippen molar-refractivity contribution in [3.63, 3.8) is 0 Å². The van der Waals surface area contributed by atoms with E-state index in [2.05, 4.69) is 23.8 Å². The number of rotatable bonds is 3. The minimum absolute atomic E-state index is 0.0630. The lowest BCUT2D eigenvalue weighted by Crippen LogP contribution is -2.56. The summed E-state index contributed by atoms with van der Waals surface area (Å²) in [5, 5.41) is 0. The molecular weight excluding hydrogens is 340 g/mol. The van der Waals surface area contributed by atoms with E-state index in [1.165, 1.54) is 6.26 Å². The van der Waals surface area contributed by atoms with Crippen LogP contribution in [0.15, 0.2) is 12.2 Å². The van der Waals surface area contributed by atoms with E-state index >= 15 is 0 Å². The van der Waals surface area contributed by atoms with Gasteiger partial charge < -0.3 is 9.64 Å². The van der Waals surface area contributed by atoms with Crippen LogP contribution in [0.3, 0.4) is 0 Å². The van der Waals surface area contributed by atoms with E-state index < -0.39 is 10.0 Å². The minimum Gasteiger partial charge on any atom is -0.375 e. The van der Waals surface area contributed by atoms with Crippen LogP contribution < -0.4 is 4.72 Å².